The molecular weight excluding hydrogens is 277 g/mol. The molecule has 0 saturated carbocycles. The minimum Gasteiger partial charge on any atom is -0.378 e. The Kier molecular flexibility index (Phi) is 3.48. The first-order valence-corrected chi connectivity index (χ1v) is 6.50. The van der Waals surface area contributed by atoms with Crippen molar-refractivity contribution in [3.8, 4) is 0 Å². The van der Waals surface area contributed by atoms with Crippen LogP contribution in [0.15, 0.2) is 48.7 Å². The first-order valence-electron chi connectivity index (χ1n) is 6.12. The van der Waals surface area contributed by atoms with Crippen molar-refractivity contribution in [2.75, 3.05) is 5.32 Å². The van der Waals surface area contributed by atoms with Gasteiger partial charge in [-0.25, -0.2) is 9.37 Å². The zero-order chi connectivity index (χ0) is 13.9. The first kappa shape index (κ1) is 12.8. The van der Waals surface area contributed by atoms with Crippen molar-refractivity contribution in [3.63, 3.8) is 0 Å². The topological polar surface area (TPSA) is 37.8 Å². The van der Waals surface area contributed by atoms with Gasteiger partial charge in [0.15, 0.2) is 0 Å². The summed E-state index contributed by atoms with van der Waals surface area (Å²) in [6.45, 7) is 0.475. The molecule has 3 rings (SSSR count). The standard InChI is InChI=1S/C15H11ClFN3/c16-12-7-10(17)5-6-13(12)18-8-11-9-19-14-3-1-2-4-15(14)20-11/h1-7,9,18H,8H2. The molecule has 3 nitrogen and oxygen atoms in total. The molecule has 0 aliphatic rings. The zero-order valence-electron chi connectivity index (χ0n) is 10.5. The van der Waals surface area contributed by atoms with Crippen molar-refractivity contribution in [1.82, 2.24) is 9.97 Å². The lowest BCUT2D eigenvalue weighted by Crippen LogP contribution is -2.03. The van der Waals surface area contributed by atoms with Crippen molar-refractivity contribution < 1.29 is 4.39 Å². The predicted octanol–water partition coefficient (Wildman–Crippen LogP) is 4.03. The molecular formula is C15H11ClFN3. The van der Waals surface area contributed by atoms with Gasteiger partial charge in [0.05, 0.1) is 40.2 Å². The van der Waals surface area contributed by atoms with Crippen molar-refractivity contribution >= 4 is 28.3 Å². The van der Waals surface area contributed by atoms with E-state index in [1.807, 2.05) is 24.3 Å². The average Bonchev–Trinajstić information content (AvgIpc) is 2.46. The maximum Gasteiger partial charge on any atom is 0.124 e. The molecule has 100 valence electrons. The lowest BCUT2D eigenvalue weighted by molar-refractivity contribution is 0.628. The Morgan fingerprint density at radius 1 is 1.10 bits per heavy atom. The van der Waals surface area contributed by atoms with Gasteiger partial charge in [0.1, 0.15) is 5.82 Å². The minimum absolute atomic E-state index is 0.346. The van der Waals surface area contributed by atoms with Crippen molar-refractivity contribution in [3.05, 3.63) is 65.2 Å². The molecule has 0 atom stereocenters. The highest BCUT2D eigenvalue weighted by Gasteiger charge is 2.03. The van der Waals surface area contributed by atoms with Gasteiger partial charge in [-0.1, -0.05) is 23.7 Å². The molecule has 0 spiro atoms. The lowest BCUT2D eigenvalue weighted by Gasteiger charge is -2.08. The maximum absolute atomic E-state index is 13.0. The molecule has 0 aliphatic carbocycles. The molecule has 0 saturated heterocycles. The van der Waals surface area contributed by atoms with E-state index < -0.39 is 0 Å². The van der Waals surface area contributed by atoms with E-state index in [4.69, 9.17) is 11.6 Å². The molecule has 0 amide bonds. The van der Waals surface area contributed by atoms with E-state index in [2.05, 4.69) is 15.3 Å². The summed E-state index contributed by atoms with van der Waals surface area (Å²) in [6, 6.07) is 11.9. The fourth-order valence-corrected chi connectivity index (χ4v) is 2.13. The second-order valence-corrected chi connectivity index (χ2v) is 4.73. The van der Waals surface area contributed by atoms with E-state index in [0.29, 0.717) is 17.3 Å². The van der Waals surface area contributed by atoms with Crippen LogP contribution in [-0.4, -0.2) is 9.97 Å². The van der Waals surface area contributed by atoms with Crippen LogP contribution in [0.2, 0.25) is 5.02 Å². The number of fused-ring (bicyclic) bond motifs is 1. The number of nitrogens with zero attached hydrogens (tertiary/aromatic N) is 2. The Labute approximate surface area is 120 Å². The molecule has 1 heterocycles. The molecule has 20 heavy (non-hydrogen) atoms. The molecule has 0 unspecified atom stereocenters. The van der Waals surface area contributed by atoms with Crippen LogP contribution in [0.1, 0.15) is 5.69 Å². The molecule has 0 fully saturated rings. The summed E-state index contributed by atoms with van der Waals surface area (Å²) in [4.78, 5) is 8.83. The Balaban J connectivity index is 1.79. The molecule has 0 radical (unpaired) electrons. The fraction of sp³-hybridized carbons (Fsp3) is 0.0667. The van der Waals surface area contributed by atoms with Crippen molar-refractivity contribution in [2.45, 2.75) is 6.54 Å². The van der Waals surface area contributed by atoms with E-state index in [1.54, 1.807) is 12.3 Å². The van der Waals surface area contributed by atoms with Crippen LogP contribution in [0.5, 0.6) is 0 Å². The Bertz CT molecular complexity index is 761. The summed E-state index contributed by atoms with van der Waals surface area (Å²) < 4.78 is 13.0. The number of anilines is 1. The predicted molar refractivity (Wildman–Crippen MR) is 78.3 cm³/mol. The number of hydrogen-bond acceptors (Lipinski definition) is 3. The first-order chi connectivity index (χ1) is 9.72. The third-order valence-electron chi connectivity index (χ3n) is 2.89. The van der Waals surface area contributed by atoms with Crippen LogP contribution in [0.4, 0.5) is 10.1 Å². The molecule has 0 bridgehead atoms. The van der Waals surface area contributed by atoms with E-state index in [1.165, 1.54) is 12.1 Å². The van der Waals surface area contributed by atoms with Crippen LogP contribution in [0.25, 0.3) is 11.0 Å². The van der Waals surface area contributed by atoms with E-state index in [9.17, 15) is 4.39 Å². The van der Waals surface area contributed by atoms with Gasteiger partial charge in [0, 0.05) is 0 Å². The highest BCUT2D eigenvalue weighted by atomic mass is 35.5. The van der Waals surface area contributed by atoms with Gasteiger partial charge in [0.2, 0.25) is 0 Å². The van der Waals surface area contributed by atoms with Gasteiger partial charge >= 0.3 is 0 Å². The number of hydrogen-bond donors (Lipinski definition) is 1. The molecule has 3 aromatic rings. The zero-order valence-corrected chi connectivity index (χ0v) is 11.2. The number of aromatic nitrogens is 2. The summed E-state index contributed by atoms with van der Waals surface area (Å²) in [5, 5.41) is 3.47. The Hall–Kier alpha value is -2.20. The number of nitrogens with one attached hydrogen (secondary N) is 1. The van der Waals surface area contributed by atoms with Gasteiger partial charge < -0.3 is 5.32 Å². The summed E-state index contributed by atoms with van der Waals surface area (Å²) in [7, 11) is 0. The van der Waals surface area contributed by atoms with Gasteiger partial charge in [-0.3, -0.25) is 4.98 Å². The Morgan fingerprint density at radius 3 is 2.70 bits per heavy atom. The van der Waals surface area contributed by atoms with Crippen LogP contribution >= 0.6 is 11.6 Å². The number of rotatable bonds is 3. The molecule has 1 aromatic heterocycles. The summed E-state index contributed by atoms with van der Waals surface area (Å²) >= 11 is 5.95. The van der Waals surface area contributed by atoms with Crippen LogP contribution in [0.3, 0.4) is 0 Å². The molecule has 0 aliphatic heterocycles. The lowest BCUT2D eigenvalue weighted by atomic mass is 10.3. The largest absolute Gasteiger partial charge is 0.378 e. The Morgan fingerprint density at radius 2 is 1.90 bits per heavy atom. The second kappa shape index (κ2) is 5.43. The van der Waals surface area contributed by atoms with Crippen molar-refractivity contribution in [1.29, 1.82) is 0 Å². The number of benzene rings is 2. The highest BCUT2D eigenvalue weighted by molar-refractivity contribution is 6.33. The second-order valence-electron chi connectivity index (χ2n) is 4.33. The molecule has 2 aromatic carbocycles. The highest BCUT2D eigenvalue weighted by Crippen LogP contribution is 2.22. The van der Waals surface area contributed by atoms with Gasteiger partial charge in [-0.05, 0) is 30.3 Å². The molecule has 5 heteroatoms. The SMILES string of the molecule is Fc1ccc(NCc2cnc3ccccc3n2)c(Cl)c1. The normalized spacial score (nSPS) is 10.7. The molecule has 1 N–H and O–H groups in total. The quantitative estimate of drug-likeness (QED) is 0.790. The van der Waals surface area contributed by atoms with Gasteiger partial charge in [-0.2, -0.15) is 0 Å². The number of halogens is 2. The van der Waals surface area contributed by atoms with Crippen LogP contribution in [0, 0.1) is 5.82 Å². The maximum atomic E-state index is 13.0. The number of para-hydroxylation sites is 2. The van der Waals surface area contributed by atoms with E-state index >= 15 is 0 Å². The van der Waals surface area contributed by atoms with E-state index in [-0.39, 0.29) is 5.82 Å². The summed E-state index contributed by atoms with van der Waals surface area (Å²) in [5.74, 6) is -0.356. The summed E-state index contributed by atoms with van der Waals surface area (Å²) in [5.41, 5.74) is 3.17. The van der Waals surface area contributed by atoms with Crippen molar-refractivity contribution in [2.24, 2.45) is 0 Å². The minimum atomic E-state index is -0.356. The third-order valence-corrected chi connectivity index (χ3v) is 3.20. The monoisotopic (exact) mass is 287 g/mol. The summed E-state index contributed by atoms with van der Waals surface area (Å²) in [6.07, 6.45) is 1.72. The van der Waals surface area contributed by atoms with Crippen LogP contribution in [-0.2, 0) is 6.54 Å². The third kappa shape index (κ3) is 2.70. The van der Waals surface area contributed by atoms with E-state index in [0.717, 1.165) is 16.7 Å². The van der Waals surface area contributed by atoms with Gasteiger partial charge in [0.25, 0.3) is 0 Å². The van der Waals surface area contributed by atoms with Crippen LogP contribution < -0.4 is 5.32 Å². The average molecular weight is 288 g/mol. The smallest absolute Gasteiger partial charge is 0.124 e. The van der Waals surface area contributed by atoms with Gasteiger partial charge in [-0.15, -0.1) is 0 Å². The fourth-order valence-electron chi connectivity index (χ4n) is 1.90.